The molecule has 0 bridgehead atoms. The number of aromatic nitrogens is 3. The monoisotopic (exact) mass is 203 g/mol. The van der Waals surface area contributed by atoms with E-state index in [4.69, 9.17) is 0 Å². The van der Waals surface area contributed by atoms with Gasteiger partial charge in [0, 0.05) is 12.6 Å². The van der Waals surface area contributed by atoms with Crippen LogP contribution >= 0.6 is 0 Å². The van der Waals surface area contributed by atoms with Crippen molar-refractivity contribution >= 4 is 0 Å². The van der Waals surface area contributed by atoms with Gasteiger partial charge in [0.25, 0.3) is 0 Å². The van der Waals surface area contributed by atoms with Gasteiger partial charge in [-0.05, 0) is 25.5 Å². The summed E-state index contributed by atoms with van der Waals surface area (Å²) < 4.78 is 1.30. The summed E-state index contributed by atoms with van der Waals surface area (Å²) in [4.78, 5) is 14.0. The van der Waals surface area contributed by atoms with Crippen molar-refractivity contribution in [3.8, 4) is 11.4 Å². The summed E-state index contributed by atoms with van der Waals surface area (Å²) in [5.41, 5.74) is 3.05. The van der Waals surface area contributed by atoms with Crippen molar-refractivity contribution in [1.29, 1.82) is 0 Å². The quantitative estimate of drug-likeness (QED) is 0.761. The van der Waals surface area contributed by atoms with Crippen LogP contribution in [0.25, 0.3) is 11.4 Å². The Morgan fingerprint density at radius 2 is 2.07 bits per heavy atom. The number of aromatic amines is 1. The number of aryl methyl sites for hydroxylation is 3. The van der Waals surface area contributed by atoms with E-state index in [1.54, 1.807) is 7.05 Å². The molecule has 0 saturated heterocycles. The smallest absolute Gasteiger partial charge is 0.289 e. The molecule has 0 spiro atoms. The SMILES string of the molecule is Cc1ccc(C)c(-c2nn(C)c(=O)[nH]2)c1. The number of hydrogen-bond acceptors (Lipinski definition) is 2. The molecule has 4 heteroatoms. The molecule has 0 saturated carbocycles. The van der Waals surface area contributed by atoms with Gasteiger partial charge >= 0.3 is 5.69 Å². The van der Waals surface area contributed by atoms with Crippen LogP contribution in [0.5, 0.6) is 0 Å². The Bertz CT molecular complexity index is 551. The van der Waals surface area contributed by atoms with Crippen molar-refractivity contribution in [2.24, 2.45) is 7.05 Å². The lowest BCUT2D eigenvalue weighted by Gasteiger charge is -2.02. The van der Waals surface area contributed by atoms with E-state index < -0.39 is 0 Å². The summed E-state index contributed by atoms with van der Waals surface area (Å²) in [7, 11) is 1.63. The Balaban J connectivity index is 2.63. The molecule has 1 aromatic heterocycles. The zero-order valence-electron chi connectivity index (χ0n) is 9.03. The van der Waals surface area contributed by atoms with Crippen molar-refractivity contribution in [2.75, 3.05) is 0 Å². The summed E-state index contributed by atoms with van der Waals surface area (Å²) >= 11 is 0. The van der Waals surface area contributed by atoms with Crippen LogP contribution in [0.15, 0.2) is 23.0 Å². The van der Waals surface area contributed by atoms with Crippen molar-refractivity contribution in [3.63, 3.8) is 0 Å². The highest BCUT2D eigenvalue weighted by atomic mass is 16.1. The Kier molecular flexibility index (Phi) is 2.19. The molecular formula is C11H13N3O. The summed E-state index contributed by atoms with van der Waals surface area (Å²) in [5, 5.41) is 4.13. The van der Waals surface area contributed by atoms with Crippen molar-refractivity contribution in [3.05, 3.63) is 39.8 Å². The van der Waals surface area contributed by atoms with Crippen LogP contribution in [0, 0.1) is 13.8 Å². The van der Waals surface area contributed by atoms with Gasteiger partial charge in [-0.1, -0.05) is 17.7 Å². The predicted octanol–water partition coefficient (Wildman–Crippen LogP) is 1.39. The first-order valence-corrected chi connectivity index (χ1v) is 4.79. The fourth-order valence-electron chi connectivity index (χ4n) is 1.51. The van der Waals surface area contributed by atoms with Gasteiger partial charge in [0.1, 0.15) is 0 Å². The standard InChI is InChI=1S/C11H13N3O/c1-7-4-5-8(2)9(6-7)10-12-11(15)14(3)13-10/h4-6H,1-3H3,(H,12,13,15). The maximum atomic E-state index is 11.3. The maximum Gasteiger partial charge on any atom is 0.343 e. The van der Waals surface area contributed by atoms with E-state index in [2.05, 4.69) is 10.1 Å². The van der Waals surface area contributed by atoms with Crippen LogP contribution in [-0.4, -0.2) is 14.8 Å². The molecule has 0 aliphatic carbocycles. The van der Waals surface area contributed by atoms with Gasteiger partial charge in [0.15, 0.2) is 5.82 Å². The van der Waals surface area contributed by atoms with E-state index in [9.17, 15) is 4.79 Å². The van der Waals surface area contributed by atoms with Crippen molar-refractivity contribution < 1.29 is 0 Å². The second-order valence-corrected chi connectivity index (χ2v) is 3.72. The van der Waals surface area contributed by atoms with Crippen LogP contribution < -0.4 is 5.69 Å². The minimum absolute atomic E-state index is 0.189. The summed E-state index contributed by atoms with van der Waals surface area (Å²) in [6.45, 7) is 4.02. The lowest BCUT2D eigenvalue weighted by molar-refractivity contribution is 0.736. The Morgan fingerprint density at radius 1 is 1.33 bits per heavy atom. The van der Waals surface area contributed by atoms with Crippen LogP contribution in [0.2, 0.25) is 0 Å². The molecule has 15 heavy (non-hydrogen) atoms. The van der Waals surface area contributed by atoms with Crippen LogP contribution in [0.3, 0.4) is 0 Å². The number of H-pyrrole nitrogens is 1. The van der Waals surface area contributed by atoms with Gasteiger partial charge in [-0.15, -0.1) is 0 Å². The molecule has 0 radical (unpaired) electrons. The fourth-order valence-corrected chi connectivity index (χ4v) is 1.51. The van der Waals surface area contributed by atoms with Gasteiger partial charge in [0.05, 0.1) is 0 Å². The van der Waals surface area contributed by atoms with Gasteiger partial charge in [-0.3, -0.25) is 4.98 Å². The number of nitrogens with one attached hydrogen (secondary N) is 1. The Labute approximate surface area is 87.6 Å². The highest BCUT2D eigenvalue weighted by Gasteiger charge is 2.07. The molecule has 2 aromatic rings. The number of benzene rings is 1. The molecule has 1 N–H and O–H groups in total. The van der Waals surface area contributed by atoms with Gasteiger partial charge in [-0.2, -0.15) is 5.10 Å². The van der Waals surface area contributed by atoms with E-state index in [0.29, 0.717) is 5.82 Å². The second-order valence-electron chi connectivity index (χ2n) is 3.72. The molecule has 2 rings (SSSR count). The molecule has 1 heterocycles. The van der Waals surface area contributed by atoms with Crippen LogP contribution in [0.4, 0.5) is 0 Å². The first-order chi connectivity index (χ1) is 7.08. The minimum atomic E-state index is -0.189. The predicted molar refractivity (Wildman–Crippen MR) is 58.7 cm³/mol. The first kappa shape index (κ1) is 9.71. The third-order valence-corrected chi connectivity index (χ3v) is 2.42. The Hall–Kier alpha value is -1.84. The molecule has 0 amide bonds. The summed E-state index contributed by atoms with van der Waals surface area (Å²) in [6, 6.07) is 6.09. The van der Waals surface area contributed by atoms with Gasteiger partial charge in [0.2, 0.25) is 0 Å². The van der Waals surface area contributed by atoms with Crippen LogP contribution in [-0.2, 0) is 7.05 Å². The first-order valence-electron chi connectivity index (χ1n) is 4.79. The van der Waals surface area contributed by atoms with E-state index >= 15 is 0 Å². The van der Waals surface area contributed by atoms with E-state index in [1.807, 2.05) is 32.0 Å². The minimum Gasteiger partial charge on any atom is -0.289 e. The third-order valence-electron chi connectivity index (χ3n) is 2.42. The number of rotatable bonds is 1. The summed E-state index contributed by atoms with van der Waals surface area (Å²) in [6.07, 6.45) is 0. The molecule has 0 fully saturated rings. The molecule has 4 nitrogen and oxygen atoms in total. The average molecular weight is 203 g/mol. The van der Waals surface area contributed by atoms with E-state index in [0.717, 1.165) is 16.7 Å². The number of hydrogen-bond donors (Lipinski definition) is 1. The highest BCUT2D eigenvalue weighted by Crippen LogP contribution is 2.19. The van der Waals surface area contributed by atoms with Gasteiger partial charge in [-0.25, -0.2) is 9.48 Å². The Morgan fingerprint density at radius 3 is 2.67 bits per heavy atom. The number of nitrogens with zero attached hydrogens (tertiary/aromatic N) is 2. The normalized spacial score (nSPS) is 10.6. The van der Waals surface area contributed by atoms with Crippen LogP contribution in [0.1, 0.15) is 11.1 Å². The zero-order valence-corrected chi connectivity index (χ0v) is 9.03. The molecule has 0 aliphatic heterocycles. The molecule has 1 aromatic carbocycles. The van der Waals surface area contributed by atoms with Crippen molar-refractivity contribution in [2.45, 2.75) is 13.8 Å². The second kappa shape index (κ2) is 3.38. The van der Waals surface area contributed by atoms with E-state index in [1.165, 1.54) is 4.68 Å². The third kappa shape index (κ3) is 1.70. The average Bonchev–Trinajstić information content (AvgIpc) is 2.51. The lowest BCUT2D eigenvalue weighted by Crippen LogP contribution is -2.13. The molecular weight excluding hydrogens is 190 g/mol. The summed E-state index contributed by atoms with van der Waals surface area (Å²) in [5.74, 6) is 0.628. The highest BCUT2D eigenvalue weighted by molar-refractivity contribution is 5.60. The largest absolute Gasteiger partial charge is 0.343 e. The van der Waals surface area contributed by atoms with Gasteiger partial charge < -0.3 is 0 Å². The topological polar surface area (TPSA) is 50.7 Å². The molecule has 78 valence electrons. The van der Waals surface area contributed by atoms with E-state index in [-0.39, 0.29) is 5.69 Å². The fraction of sp³-hybridized carbons (Fsp3) is 0.273. The molecule has 0 aliphatic rings. The molecule has 0 atom stereocenters. The lowest BCUT2D eigenvalue weighted by atomic mass is 10.1. The molecule has 0 unspecified atom stereocenters. The zero-order chi connectivity index (χ0) is 11.0. The van der Waals surface area contributed by atoms with Crippen molar-refractivity contribution in [1.82, 2.24) is 14.8 Å². The maximum absolute atomic E-state index is 11.3.